The van der Waals surface area contributed by atoms with Gasteiger partial charge in [-0.15, -0.1) is 0 Å². The average Bonchev–Trinajstić information content (AvgIpc) is 3.40. The molecule has 0 spiro atoms. The third-order valence-corrected chi connectivity index (χ3v) is 5.58. The highest BCUT2D eigenvalue weighted by Gasteiger charge is 2.18. The van der Waals surface area contributed by atoms with E-state index in [2.05, 4.69) is 14.7 Å². The zero-order valence-corrected chi connectivity index (χ0v) is 18.3. The van der Waals surface area contributed by atoms with Gasteiger partial charge in [0.05, 0.1) is 33.8 Å². The molecule has 2 aromatic carbocycles. The number of carbonyl (C=O) groups is 3. The number of halogens is 2. The van der Waals surface area contributed by atoms with Crippen LogP contribution in [-0.4, -0.2) is 39.9 Å². The van der Waals surface area contributed by atoms with Crippen LogP contribution in [0.3, 0.4) is 0 Å². The molecule has 0 radical (unpaired) electrons. The molecule has 0 unspecified atom stereocenters. The maximum atomic E-state index is 11.4. The van der Waals surface area contributed by atoms with E-state index in [0.29, 0.717) is 27.1 Å². The Morgan fingerprint density at radius 2 is 1.45 bits per heavy atom. The molecule has 9 heteroatoms. The second-order valence-electron chi connectivity index (χ2n) is 6.73. The first kappa shape index (κ1) is 22.4. The van der Waals surface area contributed by atoms with E-state index in [1.54, 1.807) is 24.5 Å². The standard InChI is InChI=1S/C11H8ClNO3.C11H10ClNO2/c1-5(14)7-4-8(11(15)16)9(12)6-2-3-13-10(6)7;1-6-5-8(11(14)15-2)9(12)7-3-4-13-10(6)7/h2-4,13H,1H3,(H,15,16);3-5,13H,1-2H3. The molecular formula is C22H18Cl2N2O5. The van der Waals surface area contributed by atoms with Gasteiger partial charge >= 0.3 is 11.9 Å². The van der Waals surface area contributed by atoms with E-state index in [9.17, 15) is 14.4 Å². The number of aromatic amines is 2. The van der Waals surface area contributed by atoms with Crippen molar-refractivity contribution >= 4 is 62.7 Å². The van der Waals surface area contributed by atoms with Crippen LogP contribution >= 0.6 is 23.2 Å². The van der Waals surface area contributed by atoms with Crippen molar-refractivity contribution in [1.29, 1.82) is 0 Å². The quantitative estimate of drug-likeness (QED) is 0.270. The van der Waals surface area contributed by atoms with Crippen LogP contribution in [0.1, 0.15) is 43.6 Å². The van der Waals surface area contributed by atoms with E-state index in [1.807, 2.05) is 13.0 Å². The lowest BCUT2D eigenvalue weighted by molar-refractivity contribution is 0.0600. The summed E-state index contributed by atoms with van der Waals surface area (Å²) >= 11 is 12.1. The van der Waals surface area contributed by atoms with Crippen LogP contribution in [0.15, 0.2) is 36.7 Å². The molecule has 0 saturated carbocycles. The number of ketones is 1. The van der Waals surface area contributed by atoms with Crippen molar-refractivity contribution in [2.75, 3.05) is 7.11 Å². The van der Waals surface area contributed by atoms with Gasteiger partial charge in [-0.3, -0.25) is 4.79 Å². The fraction of sp³-hybridized carbons (Fsp3) is 0.136. The van der Waals surface area contributed by atoms with Gasteiger partial charge in [0.25, 0.3) is 0 Å². The number of hydrogen-bond acceptors (Lipinski definition) is 4. The number of carboxylic acid groups (broad SMARTS) is 1. The molecule has 0 fully saturated rings. The van der Waals surface area contributed by atoms with Gasteiger partial charge in [-0.1, -0.05) is 23.2 Å². The molecule has 4 aromatic rings. The number of aromatic carboxylic acids is 1. The van der Waals surface area contributed by atoms with Crippen LogP contribution in [0.5, 0.6) is 0 Å². The van der Waals surface area contributed by atoms with Crippen molar-refractivity contribution in [1.82, 2.24) is 9.97 Å². The number of benzene rings is 2. The third kappa shape index (κ3) is 4.15. The van der Waals surface area contributed by atoms with E-state index in [1.165, 1.54) is 20.1 Å². The number of methoxy groups -OCH3 is 1. The number of H-pyrrole nitrogens is 2. The van der Waals surface area contributed by atoms with E-state index >= 15 is 0 Å². The first-order valence-corrected chi connectivity index (χ1v) is 9.81. The predicted molar refractivity (Wildman–Crippen MR) is 120 cm³/mol. The van der Waals surface area contributed by atoms with Gasteiger partial charge in [0, 0.05) is 34.2 Å². The highest BCUT2D eigenvalue weighted by molar-refractivity contribution is 6.39. The Morgan fingerprint density at radius 3 is 2.00 bits per heavy atom. The highest BCUT2D eigenvalue weighted by atomic mass is 35.5. The summed E-state index contributed by atoms with van der Waals surface area (Å²) in [6, 6.07) is 6.52. The molecule has 4 rings (SSSR count). The second-order valence-corrected chi connectivity index (χ2v) is 7.48. The number of carbonyl (C=O) groups excluding carboxylic acids is 2. The van der Waals surface area contributed by atoms with Gasteiger partial charge in [-0.05, 0) is 43.7 Å². The molecule has 0 aliphatic heterocycles. The number of ether oxygens (including phenoxy) is 1. The van der Waals surface area contributed by atoms with Crippen molar-refractivity contribution < 1.29 is 24.2 Å². The summed E-state index contributed by atoms with van der Waals surface area (Å²) in [6.45, 7) is 3.30. The smallest absolute Gasteiger partial charge is 0.339 e. The molecule has 160 valence electrons. The second kappa shape index (κ2) is 8.83. The molecule has 3 N–H and O–H groups in total. The third-order valence-electron chi connectivity index (χ3n) is 4.77. The lowest BCUT2D eigenvalue weighted by atomic mass is 10.0. The minimum Gasteiger partial charge on any atom is -0.478 e. The van der Waals surface area contributed by atoms with Crippen LogP contribution in [0.2, 0.25) is 10.0 Å². The van der Waals surface area contributed by atoms with Crippen molar-refractivity contribution in [3.05, 3.63) is 69.0 Å². The van der Waals surface area contributed by atoms with Crippen molar-refractivity contribution in [2.24, 2.45) is 0 Å². The molecule has 0 amide bonds. The number of rotatable bonds is 3. The monoisotopic (exact) mass is 460 g/mol. The topological polar surface area (TPSA) is 112 Å². The number of nitrogens with one attached hydrogen (secondary N) is 2. The average molecular weight is 461 g/mol. The van der Waals surface area contributed by atoms with Gasteiger partial charge in [0.2, 0.25) is 0 Å². The van der Waals surface area contributed by atoms with E-state index in [0.717, 1.165) is 16.5 Å². The molecule has 0 aliphatic carbocycles. The Bertz CT molecular complexity index is 1340. The number of esters is 1. The van der Waals surface area contributed by atoms with Crippen LogP contribution in [-0.2, 0) is 4.74 Å². The van der Waals surface area contributed by atoms with Gasteiger partial charge in [0.1, 0.15) is 0 Å². The lowest BCUT2D eigenvalue weighted by Gasteiger charge is -2.05. The summed E-state index contributed by atoms with van der Waals surface area (Å²) in [4.78, 5) is 39.7. The van der Waals surface area contributed by atoms with Crippen molar-refractivity contribution in [3.8, 4) is 0 Å². The minimum absolute atomic E-state index is 0.0565. The Kier molecular flexibility index (Phi) is 6.38. The molecule has 31 heavy (non-hydrogen) atoms. The number of Topliss-reactive ketones (excluding diaryl/α,β-unsaturated/α-hetero) is 1. The fourth-order valence-corrected chi connectivity index (χ4v) is 3.85. The lowest BCUT2D eigenvalue weighted by Crippen LogP contribution is -2.02. The van der Waals surface area contributed by atoms with Gasteiger partial charge < -0.3 is 19.8 Å². The largest absolute Gasteiger partial charge is 0.478 e. The SMILES string of the molecule is CC(=O)c1cc(C(=O)O)c(Cl)c2cc[nH]c12.COC(=O)c1cc(C)c2[nH]ccc2c1Cl. The predicted octanol–water partition coefficient (Wildman–Crippen LogP) is 5.64. The van der Waals surface area contributed by atoms with Gasteiger partial charge in [-0.2, -0.15) is 0 Å². The minimum atomic E-state index is -1.14. The van der Waals surface area contributed by atoms with Crippen molar-refractivity contribution in [3.63, 3.8) is 0 Å². The number of aromatic nitrogens is 2. The number of aryl methyl sites for hydroxylation is 1. The summed E-state index contributed by atoms with van der Waals surface area (Å²) in [5.41, 5.74) is 3.18. The molecular weight excluding hydrogens is 443 g/mol. The van der Waals surface area contributed by atoms with E-state index in [-0.39, 0.29) is 16.4 Å². The van der Waals surface area contributed by atoms with Crippen LogP contribution in [0, 0.1) is 6.92 Å². The Balaban J connectivity index is 0.000000176. The Labute approximate surface area is 186 Å². The molecule has 2 heterocycles. The summed E-state index contributed by atoms with van der Waals surface area (Å²) in [5, 5.41) is 10.9. The Morgan fingerprint density at radius 1 is 0.903 bits per heavy atom. The summed E-state index contributed by atoms with van der Waals surface area (Å²) in [5.74, 6) is -1.76. The molecule has 7 nitrogen and oxygen atoms in total. The maximum absolute atomic E-state index is 11.4. The molecule has 0 bridgehead atoms. The van der Waals surface area contributed by atoms with Crippen molar-refractivity contribution in [2.45, 2.75) is 13.8 Å². The van der Waals surface area contributed by atoms with E-state index < -0.39 is 11.9 Å². The summed E-state index contributed by atoms with van der Waals surface area (Å²) in [6.07, 6.45) is 3.42. The highest BCUT2D eigenvalue weighted by Crippen LogP contribution is 2.31. The first-order valence-electron chi connectivity index (χ1n) is 9.05. The normalized spacial score (nSPS) is 10.6. The Hall–Kier alpha value is -3.29. The zero-order chi connectivity index (χ0) is 22.9. The summed E-state index contributed by atoms with van der Waals surface area (Å²) in [7, 11) is 1.34. The van der Waals surface area contributed by atoms with E-state index in [4.69, 9.17) is 28.3 Å². The number of fused-ring (bicyclic) bond motifs is 2. The maximum Gasteiger partial charge on any atom is 0.339 e. The molecule has 0 atom stereocenters. The molecule has 0 saturated heterocycles. The van der Waals surface area contributed by atoms with Crippen LogP contribution in [0.4, 0.5) is 0 Å². The summed E-state index contributed by atoms with van der Waals surface area (Å²) < 4.78 is 4.66. The number of carboxylic acids is 1. The number of hydrogen-bond donors (Lipinski definition) is 3. The van der Waals surface area contributed by atoms with Crippen LogP contribution in [0.25, 0.3) is 21.8 Å². The molecule has 2 aromatic heterocycles. The van der Waals surface area contributed by atoms with Gasteiger partial charge in [-0.25, -0.2) is 9.59 Å². The fourth-order valence-electron chi connectivity index (χ4n) is 3.27. The zero-order valence-electron chi connectivity index (χ0n) is 16.8. The first-order chi connectivity index (χ1) is 14.7. The van der Waals surface area contributed by atoms with Crippen LogP contribution < -0.4 is 0 Å². The molecule has 0 aliphatic rings. The van der Waals surface area contributed by atoms with Gasteiger partial charge in [0.15, 0.2) is 5.78 Å².